The minimum Gasteiger partial charge on any atom is -0.379 e. The molecular weight excluding hydrogens is 188 g/mol. The van der Waals surface area contributed by atoms with E-state index in [1.807, 2.05) is 0 Å². The van der Waals surface area contributed by atoms with Crippen LogP contribution in [0.3, 0.4) is 0 Å². The van der Waals surface area contributed by atoms with Crippen molar-refractivity contribution in [3.05, 3.63) is 0 Å². The van der Waals surface area contributed by atoms with Gasteiger partial charge in [0.2, 0.25) is 0 Å². The van der Waals surface area contributed by atoms with Crippen LogP contribution < -0.4 is 5.73 Å². The number of hydrogen-bond acceptors (Lipinski definition) is 3. The van der Waals surface area contributed by atoms with Gasteiger partial charge < -0.3 is 10.5 Å². The van der Waals surface area contributed by atoms with Crippen molar-refractivity contribution < 1.29 is 4.74 Å². The first-order valence-corrected chi connectivity index (χ1v) is 5.74. The largest absolute Gasteiger partial charge is 0.379 e. The number of ether oxygens (including phenoxy) is 1. The van der Waals surface area contributed by atoms with Crippen LogP contribution in [-0.4, -0.2) is 43.3 Å². The van der Waals surface area contributed by atoms with Crippen molar-refractivity contribution in [1.82, 2.24) is 4.90 Å². The zero-order chi connectivity index (χ0) is 10.7. The lowest BCUT2D eigenvalue weighted by molar-refractivity contribution is 0.156. The molecular formula is C12H20N2O. The van der Waals surface area contributed by atoms with E-state index in [4.69, 9.17) is 16.9 Å². The van der Waals surface area contributed by atoms with Crippen LogP contribution in [0.25, 0.3) is 0 Å². The van der Waals surface area contributed by atoms with Gasteiger partial charge in [-0.3, -0.25) is 4.90 Å². The Hall–Kier alpha value is -0.560. The van der Waals surface area contributed by atoms with E-state index in [1.54, 1.807) is 0 Å². The Bertz CT molecular complexity index is 249. The third-order valence-electron chi connectivity index (χ3n) is 3.20. The number of terminal acetylenes is 1. The summed E-state index contributed by atoms with van der Waals surface area (Å²) in [5, 5.41) is 0. The van der Waals surface area contributed by atoms with Gasteiger partial charge in [0.25, 0.3) is 0 Å². The maximum atomic E-state index is 6.25. The van der Waals surface area contributed by atoms with Crippen LogP contribution in [0.2, 0.25) is 0 Å². The van der Waals surface area contributed by atoms with Gasteiger partial charge in [-0.05, 0) is 25.2 Å². The molecule has 1 heterocycles. The molecule has 0 aromatic heterocycles. The first kappa shape index (κ1) is 10.9. The highest BCUT2D eigenvalue weighted by atomic mass is 16.5. The van der Waals surface area contributed by atoms with Gasteiger partial charge >= 0.3 is 0 Å². The van der Waals surface area contributed by atoms with Gasteiger partial charge in [-0.15, -0.1) is 6.42 Å². The van der Waals surface area contributed by atoms with Gasteiger partial charge in [0, 0.05) is 19.7 Å². The van der Waals surface area contributed by atoms with E-state index >= 15 is 0 Å². The fourth-order valence-electron chi connectivity index (χ4n) is 2.17. The molecule has 0 radical (unpaired) electrons. The molecule has 2 fully saturated rings. The van der Waals surface area contributed by atoms with Crippen LogP contribution in [0, 0.1) is 18.3 Å². The molecule has 0 aromatic rings. The quantitative estimate of drug-likeness (QED) is 0.667. The highest BCUT2D eigenvalue weighted by molar-refractivity contribution is 4.96. The molecule has 84 valence electrons. The van der Waals surface area contributed by atoms with Crippen molar-refractivity contribution >= 4 is 0 Å². The molecule has 0 amide bonds. The van der Waals surface area contributed by atoms with Crippen LogP contribution in [-0.2, 0) is 4.74 Å². The fourth-order valence-corrected chi connectivity index (χ4v) is 2.17. The second-order valence-corrected chi connectivity index (χ2v) is 4.98. The van der Waals surface area contributed by atoms with Crippen molar-refractivity contribution in [3.8, 4) is 12.3 Å². The Morgan fingerprint density at radius 3 is 2.87 bits per heavy atom. The molecule has 0 spiro atoms. The molecule has 1 aliphatic heterocycles. The number of rotatable bonds is 5. The normalized spacial score (nSPS) is 30.7. The zero-order valence-corrected chi connectivity index (χ0v) is 9.24. The van der Waals surface area contributed by atoms with E-state index < -0.39 is 0 Å². The fraction of sp³-hybridized carbons (Fsp3) is 0.833. The zero-order valence-electron chi connectivity index (χ0n) is 9.24. The molecule has 1 saturated heterocycles. The predicted molar refractivity (Wildman–Crippen MR) is 60.4 cm³/mol. The Kier molecular flexibility index (Phi) is 3.30. The van der Waals surface area contributed by atoms with E-state index in [0.29, 0.717) is 6.61 Å². The van der Waals surface area contributed by atoms with E-state index in [-0.39, 0.29) is 5.54 Å². The summed E-state index contributed by atoms with van der Waals surface area (Å²) in [5.74, 6) is 3.59. The monoisotopic (exact) mass is 208 g/mol. The molecule has 15 heavy (non-hydrogen) atoms. The maximum absolute atomic E-state index is 6.25. The third-order valence-corrected chi connectivity index (χ3v) is 3.20. The topological polar surface area (TPSA) is 38.5 Å². The molecule has 2 N–H and O–H groups in total. The molecule has 3 heteroatoms. The lowest BCUT2D eigenvalue weighted by Crippen LogP contribution is -2.51. The standard InChI is InChI=1S/C12H20N2O/c1-2-6-14(8-11-3-4-11)9-12(13)5-7-15-10-12/h1,11H,3-10,13H2. The summed E-state index contributed by atoms with van der Waals surface area (Å²) in [6.45, 7) is 4.19. The summed E-state index contributed by atoms with van der Waals surface area (Å²) >= 11 is 0. The molecule has 0 aromatic carbocycles. The first-order valence-electron chi connectivity index (χ1n) is 5.74. The van der Waals surface area contributed by atoms with Crippen LogP contribution >= 0.6 is 0 Å². The van der Waals surface area contributed by atoms with Gasteiger partial charge in [-0.1, -0.05) is 5.92 Å². The molecule has 1 aliphatic carbocycles. The second-order valence-electron chi connectivity index (χ2n) is 4.98. The molecule has 2 rings (SSSR count). The van der Waals surface area contributed by atoms with E-state index in [1.165, 1.54) is 12.8 Å². The summed E-state index contributed by atoms with van der Waals surface area (Å²) in [7, 11) is 0. The molecule has 1 atom stereocenters. The van der Waals surface area contributed by atoms with Crippen molar-refractivity contribution in [3.63, 3.8) is 0 Å². The van der Waals surface area contributed by atoms with Gasteiger partial charge in [0.05, 0.1) is 18.7 Å². The smallest absolute Gasteiger partial charge is 0.0659 e. The highest BCUT2D eigenvalue weighted by Gasteiger charge is 2.34. The molecule has 2 aliphatic rings. The summed E-state index contributed by atoms with van der Waals surface area (Å²) in [6, 6.07) is 0. The summed E-state index contributed by atoms with van der Waals surface area (Å²) in [4.78, 5) is 2.31. The van der Waals surface area contributed by atoms with Crippen molar-refractivity contribution in [2.24, 2.45) is 11.7 Å². The predicted octanol–water partition coefficient (Wildman–Crippen LogP) is 0.449. The van der Waals surface area contributed by atoms with Crippen LogP contribution in [0.15, 0.2) is 0 Å². The third kappa shape index (κ3) is 3.20. The van der Waals surface area contributed by atoms with Gasteiger partial charge in [0.15, 0.2) is 0 Å². The lowest BCUT2D eigenvalue weighted by atomic mass is 9.99. The minimum absolute atomic E-state index is 0.161. The number of nitrogens with two attached hydrogens (primary N) is 1. The van der Waals surface area contributed by atoms with Crippen LogP contribution in [0.4, 0.5) is 0 Å². The number of nitrogens with zero attached hydrogens (tertiary/aromatic N) is 1. The molecule has 3 nitrogen and oxygen atoms in total. The minimum atomic E-state index is -0.161. The van der Waals surface area contributed by atoms with Gasteiger partial charge in [-0.2, -0.15) is 0 Å². The van der Waals surface area contributed by atoms with Crippen molar-refractivity contribution in [1.29, 1.82) is 0 Å². The summed E-state index contributed by atoms with van der Waals surface area (Å²) in [5.41, 5.74) is 6.09. The van der Waals surface area contributed by atoms with E-state index in [0.717, 1.165) is 38.6 Å². The van der Waals surface area contributed by atoms with Gasteiger partial charge in [0.1, 0.15) is 0 Å². The lowest BCUT2D eigenvalue weighted by Gasteiger charge is -2.30. The molecule has 1 saturated carbocycles. The average molecular weight is 208 g/mol. The Morgan fingerprint density at radius 2 is 2.33 bits per heavy atom. The maximum Gasteiger partial charge on any atom is 0.0659 e. The molecule has 0 bridgehead atoms. The summed E-state index contributed by atoms with van der Waals surface area (Å²) in [6.07, 6.45) is 9.05. The SMILES string of the molecule is C#CCN(CC1CC1)CC1(N)CCOC1. The van der Waals surface area contributed by atoms with Crippen molar-refractivity contribution in [2.75, 3.05) is 32.8 Å². The highest BCUT2D eigenvalue weighted by Crippen LogP contribution is 2.30. The van der Waals surface area contributed by atoms with E-state index in [2.05, 4.69) is 10.8 Å². The average Bonchev–Trinajstić information content (AvgIpc) is 2.89. The van der Waals surface area contributed by atoms with Gasteiger partial charge in [-0.25, -0.2) is 0 Å². The first-order chi connectivity index (χ1) is 7.22. The van der Waals surface area contributed by atoms with Crippen LogP contribution in [0.5, 0.6) is 0 Å². The van der Waals surface area contributed by atoms with Crippen molar-refractivity contribution in [2.45, 2.75) is 24.8 Å². The number of hydrogen-bond donors (Lipinski definition) is 1. The Morgan fingerprint density at radius 1 is 1.53 bits per heavy atom. The second kappa shape index (κ2) is 4.52. The summed E-state index contributed by atoms with van der Waals surface area (Å²) < 4.78 is 5.36. The Labute approximate surface area is 92.0 Å². The molecule has 1 unspecified atom stereocenters. The van der Waals surface area contributed by atoms with Crippen LogP contribution in [0.1, 0.15) is 19.3 Å². The Balaban J connectivity index is 1.84. The van der Waals surface area contributed by atoms with E-state index in [9.17, 15) is 0 Å².